The number of nitrogens with zero attached hydrogens (tertiary/aromatic N) is 3. The van der Waals surface area contributed by atoms with Gasteiger partial charge < -0.3 is 10.2 Å². The van der Waals surface area contributed by atoms with E-state index in [-0.39, 0.29) is 6.03 Å². The normalized spacial score (nSPS) is 17.8. The molecule has 0 bridgehead atoms. The lowest BCUT2D eigenvalue weighted by molar-refractivity contribution is 0.262. The highest BCUT2D eigenvalue weighted by Gasteiger charge is 2.20. The number of hydrogen-bond donors (Lipinski definition) is 2. The van der Waals surface area contributed by atoms with E-state index in [1.807, 2.05) is 31.2 Å². The fourth-order valence-corrected chi connectivity index (χ4v) is 3.50. The minimum atomic E-state index is -0.297. The number of carbonyl (C=O) groups is 1. The number of piperidine rings is 1. The molecule has 2 aromatic rings. The van der Waals surface area contributed by atoms with Crippen LogP contribution in [0.4, 0.5) is 20.7 Å². The molecule has 2 N–H and O–H groups in total. The van der Waals surface area contributed by atoms with Gasteiger partial charge in [-0.3, -0.25) is 5.32 Å². The molecular formula is C16H21N5OS. The lowest BCUT2D eigenvalue weighted by Gasteiger charge is -2.29. The second kappa shape index (κ2) is 6.95. The number of aromatic nitrogens is 2. The number of hydrogen-bond acceptors (Lipinski definition) is 5. The van der Waals surface area contributed by atoms with Crippen molar-refractivity contribution in [2.75, 3.05) is 28.6 Å². The van der Waals surface area contributed by atoms with Crippen LogP contribution in [0.5, 0.6) is 0 Å². The maximum atomic E-state index is 12.1. The first kappa shape index (κ1) is 15.7. The molecule has 3 rings (SSSR count). The molecule has 1 saturated heterocycles. The van der Waals surface area contributed by atoms with E-state index in [0.29, 0.717) is 11.0 Å². The number of benzene rings is 1. The molecule has 23 heavy (non-hydrogen) atoms. The van der Waals surface area contributed by atoms with Gasteiger partial charge in [0.15, 0.2) is 0 Å². The van der Waals surface area contributed by atoms with Crippen LogP contribution in [-0.2, 0) is 0 Å². The molecule has 1 aliphatic heterocycles. The third kappa shape index (κ3) is 3.98. The first-order chi connectivity index (χ1) is 11.1. The van der Waals surface area contributed by atoms with Crippen molar-refractivity contribution in [1.82, 2.24) is 10.2 Å². The third-order valence-electron chi connectivity index (χ3n) is 3.96. The van der Waals surface area contributed by atoms with E-state index in [1.54, 1.807) is 0 Å². The number of urea groups is 1. The topological polar surface area (TPSA) is 70.1 Å². The second-order valence-electron chi connectivity index (χ2n) is 5.98. The zero-order valence-electron chi connectivity index (χ0n) is 13.4. The van der Waals surface area contributed by atoms with Crippen LogP contribution in [0.25, 0.3) is 0 Å². The third-order valence-corrected chi connectivity index (χ3v) is 4.86. The molecule has 0 saturated carbocycles. The van der Waals surface area contributed by atoms with Crippen molar-refractivity contribution >= 4 is 33.3 Å². The number of para-hydroxylation sites is 1. The number of aryl methyl sites for hydroxylation is 1. The van der Waals surface area contributed by atoms with Crippen molar-refractivity contribution in [3.8, 4) is 0 Å². The summed E-state index contributed by atoms with van der Waals surface area (Å²) in [5.41, 5.74) is 1.81. The molecule has 0 radical (unpaired) electrons. The lowest BCUT2D eigenvalue weighted by Crippen LogP contribution is -2.34. The molecule has 1 aliphatic rings. The molecule has 2 heterocycles. The minimum absolute atomic E-state index is 0.297. The van der Waals surface area contributed by atoms with Crippen molar-refractivity contribution in [3.05, 3.63) is 29.8 Å². The van der Waals surface area contributed by atoms with Gasteiger partial charge in [-0.15, -0.1) is 10.2 Å². The summed E-state index contributed by atoms with van der Waals surface area (Å²) in [7, 11) is 0. The number of nitrogens with one attached hydrogen (secondary N) is 2. The minimum Gasteiger partial charge on any atom is -0.346 e. The van der Waals surface area contributed by atoms with Crippen molar-refractivity contribution in [3.63, 3.8) is 0 Å². The Bertz CT molecular complexity index is 687. The van der Waals surface area contributed by atoms with Crippen LogP contribution in [0.15, 0.2) is 24.3 Å². The van der Waals surface area contributed by atoms with Crippen molar-refractivity contribution < 1.29 is 4.79 Å². The number of carbonyl (C=O) groups excluding carboxylic acids is 1. The molecule has 0 aliphatic carbocycles. The maximum Gasteiger partial charge on any atom is 0.325 e. The van der Waals surface area contributed by atoms with Gasteiger partial charge in [-0.2, -0.15) is 0 Å². The number of rotatable bonds is 3. The van der Waals surface area contributed by atoms with Crippen LogP contribution >= 0.6 is 11.3 Å². The van der Waals surface area contributed by atoms with Crippen LogP contribution in [0, 0.1) is 12.8 Å². The summed E-state index contributed by atoms with van der Waals surface area (Å²) in [4.78, 5) is 14.3. The monoisotopic (exact) mass is 331 g/mol. The first-order valence-corrected chi connectivity index (χ1v) is 8.65. The fourth-order valence-electron chi connectivity index (χ4n) is 2.72. The summed E-state index contributed by atoms with van der Waals surface area (Å²) in [5.74, 6) is 0.674. The molecule has 1 fully saturated rings. The van der Waals surface area contributed by atoms with E-state index >= 15 is 0 Å². The first-order valence-electron chi connectivity index (χ1n) is 7.84. The van der Waals surface area contributed by atoms with Crippen LogP contribution in [0.1, 0.15) is 25.3 Å². The molecular weight excluding hydrogens is 310 g/mol. The molecule has 1 unspecified atom stereocenters. The molecule has 1 aromatic heterocycles. The summed E-state index contributed by atoms with van der Waals surface area (Å²) < 4.78 is 0. The number of amides is 2. The highest BCUT2D eigenvalue weighted by atomic mass is 32.1. The van der Waals surface area contributed by atoms with Gasteiger partial charge in [-0.05, 0) is 37.3 Å². The average molecular weight is 331 g/mol. The van der Waals surface area contributed by atoms with E-state index in [9.17, 15) is 4.79 Å². The maximum absolute atomic E-state index is 12.1. The Balaban J connectivity index is 1.60. The van der Waals surface area contributed by atoms with Crippen LogP contribution < -0.4 is 15.5 Å². The van der Waals surface area contributed by atoms with Crippen LogP contribution in [0.2, 0.25) is 0 Å². The van der Waals surface area contributed by atoms with Gasteiger partial charge in [0.25, 0.3) is 0 Å². The lowest BCUT2D eigenvalue weighted by atomic mass is 10.0. The van der Waals surface area contributed by atoms with Gasteiger partial charge >= 0.3 is 6.03 Å². The van der Waals surface area contributed by atoms with Crippen molar-refractivity contribution in [2.24, 2.45) is 5.92 Å². The smallest absolute Gasteiger partial charge is 0.325 e. The van der Waals surface area contributed by atoms with E-state index in [1.165, 1.54) is 24.2 Å². The quantitative estimate of drug-likeness (QED) is 0.899. The summed E-state index contributed by atoms with van der Waals surface area (Å²) in [6.07, 6.45) is 2.44. The zero-order valence-corrected chi connectivity index (χ0v) is 14.2. The summed E-state index contributed by atoms with van der Waals surface area (Å²) >= 11 is 1.42. The van der Waals surface area contributed by atoms with Gasteiger partial charge in [0, 0.05) is 18.8 Å². The Morgan fingerprint density at radius 1 is 1.30 bits per heavy atom. The number of anilines is 3. The summed E-state index contributed by atoms with van der Waals surface area (Å²) in [6.45, 7) is 6.22. The largest absolute Gasteiger partial charge is 0.346 e. The fraction of sp³-hybridized carbons (Fsp3) is 0.438. The van der Waals surface area contributed by atoms with E-state index in [2.05, 4.69) is 32.7 Å². The SMILES string of the molecule is Cc1ccccc1NC(=O)Nc1nnc(N2CCCC(C)C2)s1. The Kier molecular flexibility index (Phi) is 4.76. The molecule has 1 atom stereocenters. The van der Waals surface area contributed by atoms with Gasteiger partial charge in [0.05, 0.1) is 0 Å². The van der Waals surface area contributed by atoms with Gasteiger partial charge in [0.1, 0.15) is 0 Å². The summed E-state index contributed by atoms with van der Waals surface area (Å²) in [5, 5.41) is 15.3. The molecule has 2 amide bonds. The average Bonchev–Trinajstić information content (AvgIpc) is 2.98. The highest BCUT2D eigenvalue weighted by molar-refractivity contribution is 7.19. The second-order valence-corrected chi connectivity index (χ2v) is 6.93. The van der Waals surface area contributed by atoms with E-state index in [4.69, 9.17) is 0 Å². The predicted octanol–water partition coefficient (Wildman–Crippen LogP) is 3.73. The molecule has 0 spiro atoms. The Morgan fingerprint density at radius 3 is 2.91 bits per heavy atom. The van der Waals surface area contributed by atoms with Gasteiger partial charge in [-0.25, -0.2) is 4.79 Å². The van der Waals surface area contributed by atoms with Crippen molar-refractivity contribution in [1.29, 1.82) is 0 Å². The molecule has 7 heteroatoms. The van der Waals surface area contributed by atoms with Gasteiger partial charge in [-0.1, -0.05) is 36.5 Å². The van der Waals surface area contributed by atoms with Gasteiger partial charge in [0.2, 0.25) is 10.3 Å². The van der Waals surface area contributed by atoms with E-state index in [0.717, 1.165) is 29.5 Å². The van der Waals surface area contributed by atoms with Crippen molar-refractivity contribution in [2.45, 2.75) is 26.7 Å². The summed E-state index contributed by atoms with van der Waals surface area (Å²) in [6, 6.07) is 7.36. The highest BCUT2D eigenvalue weighted by Crippen LogP contribution is 2.28. The molecule has 6 nitrogen and oxygen atoms in total. The van der Waals surface area contributed by atoms with Crippen LogP contribution in [-0.4, -0.2) is 29.3 Å². The Morgan fingerprint density at radius 2 is 2.13 bits per heavy atom. The van der Waals surface area contributed by atoms with Crippen LogP contribution in [0.3, 0.4) is 0 Å². The molecule has 1 aromatic carbocycles. The standard InChI is InChI=1S/C16H21N5OS/c1-11-6-5-9-21(10-11)16-20-19-15(23-16)18-14(22)17-13-8-4-3-7-12(13)2/h3-4,7-8,11H,5-6,9-10H2,1-2H3,(H2,17,18,19,22). The Labute approximate surface area is 139 Å². The zero-order chi connectivity index (χ0) is 16.2. The van der Waals surface area contributed by atoms with E-state index < -0.39 is 0 Å². The predicted molar refractivity (Wildman–Crippen MR) is 94.3 cm³/mol. The molecule has 122 valence electrons. The Hall–Kier alpha value is -2.15.